The summed E-state index contributed by atoms with van der Waals surface area (Å²) in [5.74, 6) is -0.381. The van der Waals surface area contributed by atoms with E-state index in [1.165, 1.54) is 13.2 Å². The molecule has 0 spiro atoms. The van der Waals surface area contributed by atoms with Gasteiger partial charge in [0.05, 0.1) is 18.4 Å². The van der Waals surface area contributed by atoms with Crippen molar-refractivity contribution in [1.29, 1.82) is 0 Å². The third-order valence-corrected chi connectivity index (χ3v) is 2.63. The Bertz CT molecular complexity index is 497. The van der Waals surface area contributed by atoms with Gasteiger partial charge in [0.1, 0.15) is 12.4 Å². The van der Waals surface area contributed by atoms with E-state index < -0.39 is 16.0 Å². The molecule has 17 heavy (non-hydrogen) atoms. The van der Waals surface area contributed by atoms with E-state index in [4.69, 9.17) is 9.88 Å². The van der Waals surface area contributed by atoms with Crippen molar-refractivity contribution < 1.29 is 22.7 Å². The molecule has 94 valence electrons. The minimum absolute atomic E-state index is 0.0660. The molecule has 1 aromatic carbocycles. The van der Waals surface area contributed by atoms with Crippen LogP contribution in [0.4, 0.5) is 0 Å². The van der Waals surface area contributed by atoms with Crippen molar-refractivity contribution in [1.82, 2.24) is 0 Å². The van der Waals surface area contributed by atoms with E-state index in [0.717, 1.165) is 0 Å². The summed E-state index contributed by atoms with van der Waals surface area (Å²) >= 11 is 0. The van der Waals surface area contributed by atoms with E-state index in [1.54, 1.807) is 18.2 Å². The van der Waals surface area contributed by atoms with Crippen molar-refractivity contribution >= 4 is 16.0 Å². The Balaban J connectivity index is 2.63. The predicted octanol–water partition coefficient (Wildman–Crippen LogP) is 0.140. The monoisotopic (exact) mass is 259 g/mol. The van der Waals surface area contributed by atoms with Crippen LogP contribution in [-0.2, 0) is 14.8 Å². The van der Waals surface area contributed by atoms with Gasteiger partial charge >= 0.3 is 5.97 Å². The number of carbonyl (C=O) groups is 1. The Hall–Kier alpha value is -1.60. The quantitative estimate of drug-likeness (QED) is 0.759. The van der Waals surface area contributed by atoms with Gasteiger partial charge in [-0.15, -0.1) is 0 Å². The molecular formula is C10H13NO5S. The molecule has 1 aromatic rings. The number of primary sulfonamides is 1. The van der Waals surface area contributed by atoms with E-state index in [0.29, 0.717) is 11.3 Å². The lowest BCUT2D eigenvalue weighted by atomic mass is 10.2. The molecule has 0 aromatic heterocycles. The van der Waals surface area contributed by atoms with Crippen molar-refractivity contribution in [2.75, 3.05) is 19.5 Å². The van der Waals surface area contributed by atoms with Crippen molar-refractivity contribution in [2.45, 2.75) is 0 Å². The van der Waals surface area contributed by atoms with Gasteiger partial charge in [0.25, 0.3) is 0 Å². The number of hydrogen-bond donors (Lipinski definition) is 1. The van der Waals surface area contributed by atoms with Gasteiger partial charge in [-0.3, -0.25) is 0 Å². The molecule has 0 radical (unpaired) electrons. The fourth-order valence-electron chi connectivity index (χ4n) is 1.11. The van der Waals surface area contributed by atoms with E-state index in [2.05, 4.69) is 4.74 Å². The lowest BCUT2D eigenvalue weighted by Crippen LogP contribution is -2.21. The van der Waals surface area contributed by atoms with Crippen LogP contribution in [0.1, 0.15) is 10.4 Å². The Kier molecular flexibility index (Phi) is 4.47. The lowest BCUT2D eigenvalue weighted by molar-refractivity contribution is 0.0600. The number of ether oxygens (including phenoxy) is 2. The standard InChI is InChI=1S/C10H13NO5S/c1-15-10(12)8-3-2-4-9(7-8)16-5-6-17(11,13)14/h2-4,7H,5-6H2,1H3,(H2,11,13,14). The summed E-state index contributed by atoms with van der Waals surface area (Å²) in [5.41, 5.74) is 0.334. The molecule has 0 saturated carbocycles. The van der Waals surface area contributed by atoms with E-state index >= 15 is 0 Å². The van der Waals surface area contributed by atoms with Gasteiger partial charge in [-0.1, -0.05) is 6.07 Å². The number of methoxy groups -OCH3 is 1. The Morgan fingerprint density at radius 1 is 1.41 bits per heavy atom. The smallest absolute Gasteiger partial charge is 0.337 e. The highest BCUT2D eigenvalue weighted by Crippen LogP contribution is 2.13. The number of sulfonamides is 1. The number of benzene rings is 1. The summed E-state index contributed by atoms with van der Waals surface area (Å²) < 4.78 is 31.0. The van der Waals surface area contributed by atoms with E-state index in [-0.39, 0.29) is 12.4 Å². The second-order valence-corrected chi connectivity index (χ2v) is 4.97. The molecule has 7 heteroatoms. The third-order valence-electron chi connectivity index (χ3n) is 1.89. The molecule has 0 amide bonds. The van der Waals surface area contributed by atoms with Crippen molar-refractivity contribution in [3.8, 4) is 5.75 Å². The molecule has 0 aliphatic heterocycles. The van der Waals surface area contributed by atoms with Crippen molar-refractivity contribution in [3.05, 3.63) is 29.8 Å². The Labute approximate surface area is 99.4 Å². The maximum Gasteiger partial charge on any atom is 0.337 e. The number of carbonyl (C=O) groups excluding carboxylic acids is 1. The second kappa shape index (κ2) is 5.65. The molecule has 0 bridgehead atoms. The summed E-state index contributed by atoms with van der Waals surface area (Å²) in [6.45, 7) is -0.0660. The van der Waals surface area contributed by atoms with Crippen LogP contribution >= 0.6 is 0 Å². The minimum atomic E-state index is -3.54. The zero-order valence-corrected chi connectivity index (χ0v) is 10.1. The van der Waals surface area contributed by atoms with E-state index in [9.17, 15) is 13.2 Å². The summed E-state index contributed by atoms with van der Waals surface area (Å²) in [7, 11) is -2.27. The molecule has 0 atom stereocenters. The maximum atomic E-state index is 11.2. The molecule has 1 rings (SSSR count). The fourth-order valence-corrected chi connectivity index (χ4v) is 1.42. The molecule has 0 unspecified atom stereocenters. The topological polar surface area (TPSA) is 95.7 Å². The molecular weight excluding hydrogens is 246 g/mol. The minimum Gasteiger partial charge on any atom is -0.492 e. The first-order valence-corrected chi connectivity index (χ1v) is 6.45. The summed E-state index contributed by atoms with van der Waals surface area (Å²) in [4.78, 5) is 11.2. The normalized spacial score (nSPS) is 10.9. The molecule has 0 saturated heterocycles. The zero-order valence-electron chi connectivity index (χ0n) is 9.25. The zero-order chi connectivity index (χ0) is 12.9. The molecule has 0 heterocycles. The highest BCUT2D eigenvalue weighted by molar-refractivity contribution is 7.89. The first kappa shape index (κ1) is 13.5. The van der Waals surface area contributed by atoms with Crippen LogP contribution in [-0.4, -0.2) is 33.9 Å². The van der Waals surface area contributed by atoms with Gasteiger partial charge in [-0.2, -0.15) is 0 Å². The van der Waals surface area contributed by atoms with Gasteiger partial charge in [0.2, 0.25) is 10.0 Å². The van der Waals surface area contributed by atoms with Crippen LogP contribution in [0.2, 0.25) is 0 Å². The van der Waals surface area contributed by atoms with Gasteiger partial charge in [-0.05, 0) is 18.2 Å². The number of rotatable bonds is 5. The largest absolute Gasteiger partial charge is 0.492 e. The van der Waals surface area contributed by atoms with Crippen LogP contribution < -0.4 is 9.88 Å². The van der Waals surface area contributed by atoms with Crippen LogP contribution in [0, 0.1) is 0 Å². The first-order chi connectivity index (χ1) is 7.92. The van der Waals surface area contributed by atoms with Crippen LogP contribution in [0.15, 0.2) is 24.3 Å². The van der Waals surface area contributed by atoms with Crippen LogP contribution in [0.5, 0.6) is 5.75 Å². The molecule has 0 aliphatic carbocycles. The maximum absolute atomic E-state index is 11.2. The Morgan fingerprint density at radius 2 is 2.12 bits per heavy atom. The van der Waals surface area contributed by atoms with E-state index in [1.807, 2.05) is 0 Å². The first-order valence-electron chi connectivity index (χ1n) is 4.74. The third kappa shape index (κ3) is 4.83. The molecule has 0 fully saturated rings. The highest BCUT2D eigenvalue weighted by Gasteiger charge is 2.07. The average molecular weight is 259 g/mol. The van der Waals surface area contributed by atoms with Gasteiger partial charge in [0.15, 0.2) is 0 Å². The highest BCUT2D eigenvalue weighted by atomic mass is 32.2. The number of hydrogen-bond acceptors (Lipinski definition) is 5. The molecule has 0 aliphatic rings. The van der Waals surface area contributed by atoms with Gasteiger partial charge in [-0.25, -0.2) is 18.4 Å². The molecule has 6 nitrogen and oxygen atoms in total. The van der Waals surface area contributed by atoms with Crippen molar-refractivity contribution in [3.63, 3.8) is 0 Å². The lowest BCUT2D eigenvalue weighted by Gasteiger charge is -2.06. The van der Waals surface area contributed by atoms with Crippen molar-refractivity contribution in [2.24, 2.45) is 5.14 Å². The SMILES string of the molecule is COC(=O)c1cccc(OCCS(N)(=O)=O)c1. The second-order valence-electron chi connectivity index (χ2n) is 3.23. The fraction of sp³-hybridized carbons (Fsp3) is 0.300. The van der Waals surface area contributed by atoms with Crippen LogP contribution in [0.3, 0.4) is 0 Å². The van der Waals surface area contributed by atoms with Gasteiger partial charge < -0.3 is 9.47 Å². The average Bonchev–Trinajstić information content (AvgIpc) is 2.27. The summed E-state index contributed by atoms with van der Waals surface area (Å²) in [5, 5.41) is 4.82. The summed E-state index contributed by atoms with van der Waals surface area (Å²) in [6, 6.07) is 6.25. The predicted molar refractivity (Wildman–Crippen MR) is 61.3 cm³/mol. The number of nitrogens with two attached hydrogens (primary N) is 1. The molecule has 2 N–H and O–H groups in total. The van der Waals surface area contributed by atoms with Crippen LogP contribution in [0.25, 0.3) is 0 Å². The van der Waals surface area contributed by atoms with Gasteiger partial charge in [0, 0.05) is 0 Å². The summed E-state index contributed by atoms with van der Waals surface area (Å²) in [6.07, 6.45) is 0. The number of esters is 1. The Morgan fingerprint density at radius 3 is 2.71 bits per heavy atom.